The molecule has 0 aromatic heterocycles. The highest BCUT2D eigenvalue weighted by atomic mass is 16.5. The molecule has 0 saturated carbocycles. The van der Waals surface area contributed by atoms with Crippen LogP contribution in [0.25, 0.3) is 0 Å². The second-order valence-electron chi connectivity index (χ2n) is 6.18. The summed E-state index contributed by atoms with van der Waals surface area (Å²) < 4.78 is 5.61. The monoisotopic (exact) mass is 332 g/mol. The molecule has 0 unspecified atom stereocenters. The van der Waals surface area contributed by atoms with Crippen LogP contribution in [0.2, 0.25) is 0 Å². The molecule has 0 atom stereocenters. The number of carbonyl (C=O) groups is 1. The lowest BCUT2D eigenvalue weighted by Crippen LogP contribution is -2.10. The van der Waals surface area contributed by atoms with E-state index in [-0.39, 0.29) is 11.7 Å². The van der Waals surface area contributed by atoms with Crippen molar-refractivity contribution in [2.24, 2.45) is 0 Å². The molecule has 25 heavy (non-hydrogen) atoms. The first-order chi connectivity index (χ1) is 12.0. The molecule has 0 amide bonds. The van der Waals surface area contributed by atoms with Crippen LogP contribution in [0, 0.1) is 13.8 Å². The Balaban J connectivity index is 1.90. The third-order valence-corrected chi connectivity index (χ3v) is 4.04. The summed E-state index contributed by atoms with van der Waals surface area (Å²) in [4.78, 5) is 12.4. The standard InChI is InChI=1S/C22H20O3/c1-15-8-10-20(23)18(12-15)14-19-13-16(2)9-11-21(19)25-22(24)17-6-4-3-5-7-17/h3-13,23H,14H2,1-2H3. The average Bonchev–Trinajstić information content (AvgIpc) is 2.61. The Bertz CT molecular complexity index is 898. The fourth-order valence-corrected chi connectivity index (χ4v) is 2.74. The van der Waals surface area contributed by atoms with Gasteiger partial charge in [-0.2, -0.15) is 0 Å². The second kappa shape index (κ2) is 7.22. The van der Waals surface area contributed by atoms with Crippen LogP contribution >= 0.6 is 0 Å². The molecule has 1 N–H and O–H groups in total. The van der Waals surface area contributed by atoms with Gasteiger partial charge in [-0.3, -0.25) is 0 Å². The minimum atomic E-state index is -0.390. The Labute approximate surface area is 147 Å². The van der Waals surface area contributed by atoms with Crippen LogP contribution in [0.4, 0.5) is 0 Å². The van der Waals surface area contributed by atoms with Crippen molar-refractivity contribution in [1.29, 1.82) is 0 Å². The molecule has 0 saturated heterocycles. The summed E-state index contributed by atoms with van der Waals surface area (Å²) in [7, 11) is 0. The van der Waals surface area contributed by atoms with Gasteiger partial charge >= 0.3 is 5.97 Å². The fraction of sp³-hybridized carbons (Fsp3) is 0.136. The molecule has 0 heterocycles. The highest BCUT2D eigenvalue weighted by Crippen LogP contribution is 2.28. The maximum absolute atomic E-state index is 12.4. The number of phenolic OH excluding ortho intramolecular Hbond substituents is 1. The zero-order valence-corrected chi connectivity index (χ0v) is 14.3. The summed E-state index contributed by atoms with van der Waals surface area (Å²) >= 11 is 0. The van der Waals surface area contributed by atoms with Gasteiger partial charge < -0.3 is 9.84 Å². The van der Waals surface area contributed by atoms with Gasteiger partial charge in [0, 0.05) is 6.42 Å². The van der Waals surface area contributed by atoms with Gasteiger partial charge in [0.2, 0.25) is 0 Å². The summed E-state index contributed by atoms with van der Waals surface area (Å²) in [5, 5.41) is 10.1. The van der Waals surface area contributed by atoms with Gasteiger partial charge in [-0.05, 0) is 49.2 Å². The van der Waals surface area contributed by atoms with Gasteiger partial charge in [0.05, 0.1) is 5.56 Å². The maximum Gasteiger partial charge on any atom is 0.343 e. The zero-order chi connectivity index (χ0) is 17.8. The van der Waals surface area contributed by atoms with E-state index in [4.69, 9.17) is 4.74 Å². The minimum absolute atomic E-state index is 0.243. The predicted molar refractivity (Wildman–Crippen MR) is 98.2 cm³/mol. The van der Waals surface area contributed by atoms with E-state index in [0.29, 0.717) is 17.7 Å². The van der Waals surface area contributed by atoms with Crippen molar-refractivity contribution in [1.82, 2.24) is 0 Å². The number of benzene rings is 3. The van der Waals surface area contributed by atoms with Crippen molar-refractivity contribution >= 4 is 5.97 Å². The minimum Gasteiger partial charge on any atom is -0.508 e. The van der Waals surface area contributed by atoms with E-state index < -0.39 is 0 Å². The van der Waals surface area contributed by atoms with Gasteiger partial charge in [0.15, 0.2) is 0 Å². The quantitative estimate of drug-likeness (QED) is 0.550. The second-order valence-corrected chi connectivity index (χ2v) is 6.18. The number of rotatable bonds is 4. The van der Waals surface area contributed by atoms with E-state index in [2.05, 4.69) is 0 Å². The maximum atomic E-state index is 12.4. The molecule has 3 aromatic carbocycles. The third kappa shape index (κ3) is 4.07. The number of esters is 1. The molecule has 0 fully saturated rings. The Hall–Kier alpha value is -3.07. The van der Waals surface area contributed by atoms with Crippen molar-refractivity contribution in [3.63, 3.8) is 0 Å². The van der Waals surface area contributed by atoms with Gasteiger partial charge in [-0.15, -0.1) is 0 Å². The lowest BCUT2D eigenvalue weighted by atomic mass is 10.00. The topological polar surface area (TPSA) is 46.5 Å². The molecule has 0 radical (unpaired) electrons. The fourth-order valence-electron chi connectivity index (χ4n) is 2.74. The lowest BCUT2D eigenvalue weighted by Gasteiger charge is -2.12. The molecule has 0 aliphatic carbocycles. The number of aromatic hydroxyl groups is 1. The molecule has 3 nitrogen and oxygen atoms in total. The van der Waals surface area contributed by atoms with Crippen LogP contribution in [0.3, 0.4) is 0 Å². The van der Waals surface area contributed by atoms with Gasteiger partial charge in [0.25, 0.3) is 0 Å². The zero-order valence-electron chi connectivity index (χ0n) is 14.3. The van der Waals surface area contributed by atoms with Crippen LogP contribution in [0.15, 0.2) is 66.7 Å². The highest BCUT2D eigenvalue weighted by Gasteiger charge is 2.13. The van der Waals surface area contributed by atoms with Gasteiger partial charge in [0.1, 0.15) is 11.5 Å². The summed E-state index contributed by atoms with van der Waals surface area (Å²) in [6.45, 7) is 3.97. The largest absolute Gasteiger partial charge is 0.508 e. The Kier molecular flexibility index (Phi) is 4.85. The van der Waals surface area contributed by atoms with Crippen molar-refractivity contribution < 1.29 is 14.6 Å². The van der Waals surface area contributed by atoms with E-state index in [1.54, 1.807) is 36.4 Å². The molecule has 0 spiro atoms. The van der Waals surface area contributed by atoms with E-state index in [1.807, 2.05) is 44.2 Å². The molecule has 0 aliphatic heterocycles. The first-order valence-electron chi connectivity index (χ1n) is 8.18. The van der Waals surface area contributed by atoms with E-state index >= 15 is 0 Å². The molecule has 3 aromatic rings. The first kappa shape index (κ1) is 16.8. The van der Waals surface area contributed by atoms with E-state index in [1.165, 1.54) is 0 Å². The number of hydrogen-bond donors (Lipinski definition) is 1. The van der Waals surface area contributed by atoms with Crippen LogP contribution in [-0.2, 0) is 6.42 Å². The summed E-state index contributed by atoms with van der Waals surface area (Å²) in [6.07, 6.45) is 0.493. The Morgan fingerprint density at radius 1 is 0.880 bits per heavy atom. The lowest BCUT2D eigenvalue weighted by molar-refractivity contribution is 0.0733. The molecular weight excluding hydrogens is 312 g/mol. The number of hydrogen-bond acceptors (Lipinski definition) is 3. The molecule has 0 bridgehead atoms. The van der Waals surface area contributed by atoms with Crippen molar-refractivity contribution in [2.45, 2.75) is 20.3 Å². The van der Waals surface area contributed by atoms with Crippen LogP contribution < -0.4 is 4.74 Å². The average molecular weight is 332 g/mol. The number of ether oxygens (including phenoxy) is 1. The van der Waals surface area contributed by atoms with E-state index in [9.17, 15) is 9.90 Å². The molecule has 3 rings (SSSR count). The van der Waals surface area contributed by atoms with Gasteiger partial charge in [-0.1, -0.05) is 53.6 Å². The van der Waals surface area contributed by atoms with Crippen LogP contribution in [-0.4, -0.2) is 11.1 Å². The van der Waals surface area contributed by atoms with Crippen molar-refractivity contribution in [2.75, 3.05) is 0 Å². The highest BCUT2D eigenvalue weighted by molar-refractivity contribution is 5.91. The molecule has 126 valence electrons. The normalized spacial score (nSPS) is 10.5. The SMILES string of the molecule is Cc1ccc(O)c(Cc2cc(C)ccc2OC(=O)c2ccccc2)c1. The molecular formula is C22H20O3. The number of phenols is 1. The smallest absolute Gasteiger partial charge is 0.343 e. The van der Waals surface area contributed by atoms with Crippen LogP contribution in [0.5, 0.6) is 11.5 Å². The summed E-state index contributed by atoms with van der Waals surface area (Å²) in [5.74, 6) is 0.368. The number of aryl methyl sites for hydroxylation is 2. The Morgan fingerprint density at radius 2 is 1.52 bits per heavy atom. The first-order valence-corrected chi connectivity index (χ1v) is 8.18. The van der Waals surface area contributed by atoms with Crippen molar-refractivity contribution in [3.05, 3.63) is 94.5 Å². The van der Waals surface area contributed by atoms with Gasteiger partial charge in [-0.25, -0.2) is 4.79 Å². The summed E-state index contributed by atoms with van der Waals surface area (Å²) in [5.41, 5.74) is 4.32. The van der Waals surface area contributed by atoms with Crippen LogP contribution in [0.1, 0.15) is 32.6 Å². The predicted octanol–water partition coefficient (Wildman–Crippen LogP) is 4.82. The third-order valence-electron chi connectivity index (χ3n) is 4.04. The molecule has 0 aliphatic rings. The number of carbonyl (C=O) groups excluding carboxylic acids is 1. The van der Waals surface area contributed by atoms with E-state index in [0.717, 1.165) is 22.3 Å². The Morgan fingerprint density at radius 3 is 2.24 bits per heavy atom. The van der Waals surface area contributed by atoms with Crippen molar-refractivity contribution in [3.8, 4) is 11.5 Å². The molecule has 3 heteroatoms. The summed E-state index contributed by atoms with van der Waals surface area (Å²) in [6, 6.07) is 20.1.